The molecule has 0 heterocycles. The Labute approximate surface area is 134 Å². The van der Waals surface area contributed by atoms with Crippen molar-refractivity contribution in [2.24, 2.45) is 0 Å². The molecular weight excluding hydrogens is 390 g/mol. The number of carbonyl (C=O) groups is 1. The minimum Gasteiger partial charge on any atom is -0.398 e. The van der Waals surface area contributed by atoms with Gasteiger partial charge < -0.3 is 11.1 Å². The van der Waals surface area contributed by atoms with Crippen LogP contribution >= 0.6 is 34.4 Å². The molecule has 3 nitrogen and oxygen atoms in total. The Morgan fingerprint density at radius 2 is 2.10 bits per heavy atom. The number of nitrogens with two attached hydrogens (primary N) is 1. The molecule has 6 heteroatoms. The van der Waals surface area contributed by atoms with Crippen LogP contribution in [0.25, 0.3) is 0 Å². The topological polar surface area (TPSA) is 55.1 Å². The summed E-state index contributed by atoms with van der Waals surface area (Å²) in [6.07, 6.45) is 0. The van der Waals surface area contributed by atoms with Gasteiger partial charge in [0.15, 0.2) is 0 Å². The van der Waals surface area contributed by atoms with E-state index in [9.17, 15) is 9.18 Å². The molecular formula is C14H12FIN2OS. The Morgan fingerprint density at radius 1 is 1.30 bits per heavy atom. The lowest BCUT2D eigenvalue weighted by atomic mass is 10.3. The lowest BCUT2D eigenvalue weighted by molar-refractivity contribution is -0.113. The van der Waals surface area contributed by atoms with Crippen molar-refractivity contribution in [3.05, 3.63) is 51.9 Å². The predicted octanol–water partition coefficient (Wildman–Crippen LogP) is 3.74. The molecule has 0 bridgehead atoms. The Kier molecular flexibility index (Phi) is 5.24. The lowest BCUT2D eigenvalue weighted by Crippen LogP contribution is -2.14. The molecule has 2 rings (SSSR count). The summed E-state index contributed by atoms with van der Waals surface area (Å²) in [4.78, 5) is 12.4. The van der Waals surface area contributed by atoms with Crippen LogP contribution in [0.3, 0.4) is 0 Å². The van der Waals surface area contributed by atoms with Crippen LogP contribution in [-0.4, -0.2) is 11.7 Å². The normalized spacial score (nSPS) is 10.3. The van der Waals surface area contributed by atoms with E-state index in [0.29, 0.717) is 10.6 Å². The highest BCUT2D eigenvalue weighted by Crippen LogP contribution is 2.25. The third-order valence-corrected chi connectivity index (χ3v) is 4.18. The number of hydrogen-bond acceptors (Lipinski definition) is 3. The van der Waals surface area contributed by atoms with Gasteiger partial charge in [-0.05, 0) is 59.0 Å². The molecule has 20 heavy (non-hydrogen) atoms. The molecule has 0 aliphatic carbocycles. The van der Waals surface area contributed by atoms with Gasteiger partial charge in [0, 0.05) is 19.8 Å². The van der Waals surface area contributed by atoms with Crippen molar-refractivity contribution in [1.29, 1.82) is 0 Å². The van der Waals surface area contributed by atoms with Gasteiger partial charge in [0.1, 0.15) is 5.82 Å². The van der Waals surface area contributed by atoms with Gasteiger partial charge in [-0.3, -0.25) is 4.79 Å². The molecule has 0 spiro atoms. The van der Waals surface area contributed by atoms with Crippen LogP contribution in [0.1, 0.15) is 0 Å². The molecule has 0 aromatic heterocycles. The van der Waals surface area contributed by atoms with Crippen LogP contribution < -0.4 is 11.1 Å². The SMILES string of the molecule is Nc1ccc(F)cc1SCC(=O)Nc1cccc(I)c1. The Morgan fingerprint density at radius 3 is 2.85 bits per heavy atom. The lowest BCUT2D eigenvalue weighted by Gasteiger charge is -2.07. The van der Waals surface area contributed by atoms with E-state index in [1.54, 1.807) is 0 Å². The maximum Gasteiger partial charge on any atom is 0.234 e. The van der Waals surface area contributed by atoms with Gasteiger partial charge in [0.05, 0.1) is 5.75 Å². The van der Waals surface area contributed by atoms with E-state index < -0.39 is 0 Å². The third-order valence-electron chi connectivity index (χ3n) is 2.44. The van der Waals surface area contributed by atoms with Crippen molar-refractivity contribution in [3.63, 3.8) is 0 Å². The standard InChI is InChI=1S/C14H12FIN2OS/c15-9-4-5-12(17)13(6-9)20-8-14(19)18-11-3-1-2-10(16)7-11/h1-7H,8,17H2,(H,18,19). The van der Waals surface area contributed by atoms with Gasteiger partial charge in [0.2, 0.25) is 5.91 Å². The summed E-state index contributed by atoms with van der Waals surface area (Å²) in [6.45, 7) is 0. The Hall–Kier alpha value is -1.28. The maximum atomic E-state index is 13.1. The van der Waals surface area contributed by atoms with Gasteiger partial charge >= 0.3 is 0 Å². The number of hydrogen-bond donors (Lipinski definition) is 2. The number of rotatable bonds is 4. The fourth-order valence-electron chi connectivity index (χ4n) is 1.54. The molecule has 2 aromatic rings. The summed E-state index contributed by atoms with van der Waals surface area (Å²) >= 11 is 3.39. The van der Waals surface area contributed by atoms with E-state index in [4.69, 9.17) is 5.73 Å². The number of nitrogen functional groups attached to an aromatic ring is 1. The van der Waals surface area contributed by atoms with Gasteiger partial charge in [0.25, 0.3) is 0 Å². The van der Waals surface area contributed by atoms with E-state index >= 15 is 0 Å². The molecule has 1 amide bonds. The monoisotopic (exact) mass is 402 g/mol. The number of nitrogens with one attached hydrogen (secondary N) is 1. The summed E-state index contributed by atoms with van der Waals surface area (Å²) < 4.78 is 14.1. The van der Waals surface area contributed by atoms with Crippen molar-refractivity contribution in [2.75, 3.05) is 16.8 Å². The number of thioether (sulfide) groups is 1. The predicted molar refractivity (Wildman–Crippen MR) is 89.3 cm³/mol. The largest absolute Gasteiger partial charge is 0.398 e. The first-order valence-corrected chi connectivity index (χ1v) is 7.84. The van der Waals surface area contributed by atoms with Gasteiger partial charge in [-0.25, -0.2) is 4.39 Å². The second-order valence-electron chi connectivity index (χ2n) is 4.03. The van der Waals surface area contributed by atoms with E-state index in [-0.39, 0.29) is 17.5 Å². The average molecular weight is 402 g/mol. The molecule has 0 aliphatic rings. The van der Waals surface area contributed by atoms with E-state index in [0.717, 1.165) is 9.26 Å². The molecule has 3 N–H and O–H groups in total. The molecule has 0 saturated heterocycles. The van der Waals surface area contributed by atoms with Crippen molar-refractivity contribution in [2.45, 2.75) is 4.90 Å². The summed E-state index contributed by atoms with van der Waals surface area (Å²) in [5, 5.41) is 2.79. The number of halogens is 2. The van der Waals surface area contributed by atoms with Crippen molar-refractivity contribution in [1.82, 2.24) is 0 Å². The van der Waals surface area contributed by atoms with Crippen molar-refractivity contribution >= 4 is 51.6 Å². The number of anilines is 2. The Bertz CT molecular complexity index is 636. The highest BCUT2D eigenvalue weighted by atomic mass is 127. The molecule has 0 aliphatic heterocycles. The highest BCUT2D eigenvalue weighted by molar-refractivity contribution is 14.1. The van der Waals surface area contributed by atoms with Crippen LogP contribution in [-0.2, 0) is 4.79 Å². The van der Waals surface area contributed by atoms with Crippen LogP contribution in [0.2, 0.25) is 0 Å². The van der Waals surface area contributed by atoms with Crippen molar-refractivity contribution in [3.8, 4) is 0 Å². The Balaban J connectivity index is 1.94. The molecule has 0 unspecified atom stereocenters. The minimum absolute atomic E-state index is 0.152. The highest BCUT2D eigenvalue weighted by Gasteiger charge is 2.07. The van der Waals surface area contributed by atoms with Gasteiger partial charge in [-0.15, -0.1) is 11.8 Å². The fourth-order valence-corrected chi connectivity index (χ4v) is 2.87. The molecule has 0 atom stereocenters. The zero-order chi connectivity index (χ0) is 14.5. The van der Waals surface area contributed by atoms with Crippen LogP contribution in [0.15, 0.2) is 47.4 Å². The van der Waals surface area contributed by atoms with Crippen LogP contribution in [0.4, 0.5) is 15.8 Å². The first-order chi connectivity index (χ1) is 9.54. The van der Waals surface area contributed by atoms with E-state index in [1.165, 1.54) is 30.0 Å². The smallest absolute Gasteiger partial charge is 0.234 e. The molecule has 104 valence electrons. The minimum atomic E-state index is -0.361. The van der Waals surface area contributed by atoms with Crippen LogP contribution in [0.5, 0.6) is 0 Å². The van der Waals surface area contributed by atoms with Crippen LogP contribution in [0, 0.1) is 9.39 Å². The zero-order valence-corrected chi connectivity index (χ0v) is 13.4. The molecule has 0 fully saturated rings. The number of benzene rings is 2. The quantitative estimate of drug-likeness (QED) is 0.466. The molecule has 0 radical (unpaired) electrons. The first kappa shape index (κ1) is 15.1. The number of carbonyl (C=O) groups excluding carboxylic acids is 1. The first-order valence-electron chi connectivity index (χ1n) is 5.78. The summed E-state index contributed by atoms with van der Waals surface area (Å²) in [7, 11) is 0. The summed E-state index contributed by atoms with van der Waals surface area (Å²) in [6, 6.07) is 11.6. The van der Waals surface area contributed by atoms with Gasteiger partial charge in [-0.2, -0.15) is 0 Å². The summed E-state index contributed by atoms with van der Waals surface area (Å²) in [5.41, 5.74) is 6.94. The average Bonchev–Trinajstić information content (AvgIpc) is 2.40. The summed E-state index contributed by atoms with van der Waals surface area (Å²) in [5.74, 6) is -0.334. The maximum absolute atomic E-state index is 13.1. The number of amides is 1. The molecule has 0 saturated carbocycles. The zero-order valence-electron chi connectivity index (χ0n) is 10.4. The van der Waals surface area contributed by atoms with Crippen molar-refractivity contribution < 1.29 is 9.18 Å². The van der Waals surface area contributed by atoms with Gasteiger partial charge in [-0.1, -0.05) is 6.07 Å². The second kappa shape index (κ2) is 6.94. The third kappa shape index (κ3) is 4.38. The van der Waals surface area contributed by atoms with E-state index in [2.05, 4.69) is 27.9 Å². The second-order valence-corrected chi connectivity index (χ2v) is 6.29. The molecule has 2 aromatic carbocycles. The van der Waals surface area contributed by atoms with E-state index in [1.807, 2.05) is 24.3 Å². The fraction of sp³-hybridized carbons (Fsp3) is 0.0714.